The molecule has 0 saturated heterocycles. The van der Waals surface area contributed by atoms with E-state index < -0.39 is 5.97 Å². The fraction of sp³-hybridized carbons (Fsp3) is 0.111. The average Bonchev–Trinajstić information content (AvgIpc) is 2.45. The van der Waals surface area contributed by atoms with Gasteiger partial charge >= 0.3 is 29.6 Å². The van der Waals surface area contributed by atoms with E-state index in [0.29, 0.717) is 5.52 Å². The molecule has 6 heteroatoms. The number of fused-ring (bicyclic) bond motifs is 1. The monoisotopic (exact) mass is 216 g/mol. The molecule has 0 saturated carbocycles. The van der Waals surface area contributed by atoms with Gasteiger partial charge < -0.3 is 19.9 Å². The predicted octanol–water partition coefficient (Wildman–Crippen LogP) is -3.88. The normalized spacial score (nSPS) is 9.13. The van der Waals surface area contributed by atoms with E-state index in [-0.39, 0.29) is 40.9 Å². The van der Waals surface area contributed by atoms with Crippen molar-refractivity contribution in [2.24, 2.45) is 7.05 Å². The van der Waals surface area contributed by atoms with E-state index in [4.69, 9.17) is 0 Å². The molecule has 0 radical (unpaired) electrons. The fourth-order valence-electron chi connectivity index (χ4n) is 1.33. The molecule has 74 valence electrons. The molecule has 0 aliphatic carbocycles. The van der Waals surface area contributed by atoms with Crippen LogP contribution < -0.4 is 34.7 Å². The predicted molar refractivity (Wildman–Crippen MR) is 48.7 cm³/mol. The minimum atomic E-state index is -1.25. The Morgan fingerprint density at radius 2 is 2.00 bits per heavy atom. The Balaban J connectivity index is 0.000000980. The number of carbonyl (C=O) groups is 1. The molecule has 0 spiro atoms. The summed E-state index contributed by atoms with van der Waals surface area (Å²) in [5.74, 6) is -1.29. The molecule has 0 fully saturated rings. The van der Waals surface area contributed by atoms with Gasteiger partial charge in [-0.15, -0.1) is 0 Å². The zero-order valence-corrected chi connectivity index (χ0v) is 10.5. The molecule has 2 rings (SSSR count). The molecule has 1 aromatic carbocycles. The smallest absolute Gasteiger partial charge is 0.542 e. The Kier molecular flexibility index (Phi) is 4.96. The van der Waals surface area contributed by atoms with Crippen molar-refractivity contribution < 1.29 is 44.9 Å². The van der Waals surface area contributed by atoms with Crippen LogP contribution in [0.1, 0.15) is 10.6 Å². The number of aromatic carboxylic acids is 1. The second-order valence-corrected chi connectivity index (χ2v) is 2.77. The van der Waals surface area contributed by atoms with Crippen LogP contribution in [0.25, 0.3) is 11.0 Å². The van der Waals surface area contributed by atoms with E-state index in [2.05, 4.69) is 4.98 Å². The average molecular weight is 216 g/mol. The molecule has 0 amide bonds. The Morgan fingerprint density at radius 1 is 1.40 bits per heavy atom. The van der Waals surface area contributed by atoms with Gasteiger partial charge in [0.25, 0.3) is 0 Å². The zero-order valence-electron chi connectivity index (χ0n) is 8.52. The number of carboxylic acid groups (broad SMARTS) is 1. The number of carbonyl (C=O) groups excluding carboxylic acids is 1. The molecule has 1 aromatic heterocycles. The number of hydrogen-bond donors (Lipinski definition) is 0. The Bertz CT molecular complexity index is 481. The number of hydrogen-bond acceptors (Lipinski definition) is 3. The minimum absolute atomic E-state index is 0. The van der Waals surface area contributed by atoms with Crippen molar-refractivity contribution in [3.63, 3.8) is 0 Å². The van der Waals surface area contributed by atoms with Gasteiger partial charge in [-0.1, -0.05) is 12.1 Å². The number of aromatic nitrogens is 2. The molecule has 0 aliphatic heterocycles. The number of nitrogens with zero attached hydrogens (tertiary/aromatic N) is 2. The van der Waals surface area contributed by atoms with Crippen molar-refractivity contribution in [2.45, 2.75) is 0 Å². The molecule has 0 bridgehead atoms. The van der Waals surface area contributed by atoms with Crippen LogP contribution in [0.3, 0.4) is 0 Å². The van der Waals surface area contributed by atoms with Crippen LogP contribution in [0.5, 0.6) is 0 Å². The van der Waals surface area contributed by atoms with Gasteiger partial charge in [0.1, 0.15) is 5.97 Å². The van der Waals surface area contributed by atoms with Crippen LogP contribution in [-0.2, 0) is 7.05 Å². The van der Waals surface area contributed by atoms with Gasteiger partial charge in [0.15, 0.2) is 5.82 Å². The van der Waals surface area contributed by atoms with Crippen molar-refractivity contribution in [3.05, 3.63) is 30.1 Å². The van der Waals surface area contributed by atoms with Crippen LogP contribution in [-0.4, -0.2) is 21.0 Å². The van der Waals surface area contributed by atoms with E-state index in [1.54, 1.807) is 13.1 Å². The topological polar surface area (TPSA) is 89.5 Å². The molecule has 2 N–H and O–H groups in total. The van der Waals surface area contributed by atoms with E-state index in [9.17, 15) is 9.90 Å². The zero-order chi connectivity index (χ0) is 9.42. The molecule has 1 heterocycles. The van der Waals surface area contributed by atoms with Gasteiger partial charge in [0, 0.05) is 7.05 Å². The standard InChI is InChI=1S/C9H8N2O2.Na.H2O/c1-11-7-5-3-2-4-6(7)10-8(11)9(12)13;;/h2-5H,1H3,(H,12,13);;1H2/q;+1;/p-1. The quantitative estimate of drug-likeness (QED) is 0.456. The van der Waals surface area contributed by atoms with Crippen LogP contribution in [0.4, 0.5) is 0 Å². The SMILES string of the molecule is Cn1c(C(=O)[O-])nc2ccccc21.O.[Na+]. The maximum atomic E-state index is 10.6. The van der Waals surface area contributed by atoms with Crippen molar-refractivity contribution >= 4 is 17.0 Å². The third-order valence-corrected chi connectivity index (χ3v) is 1.97. The minimum Gasteiger partial charge on any atom is -0.542 e. The molecule has 0 atom stereocenters. The molecule has 5 nitrogen and oxygen atoms in total. The van der Waals surface area contributed by atoms with Crippen LogP contribution in [0.15, 0.2) is 24.3 Å². The summed E-state index contributed by atoms with van der Waals surface area (Å²) in [4.78, 5) is 14.5. The summed E-state index contributed by atoms with van der Waals surface area (Å²) in [7, 11) is 1.65. The summed E-state index contributed by atoms with van der Waals surface area (Å²) in [5, 5.41) is 10.6. The number of carboxylic acids is 1. The van der Waals surface area contributed by atoms with Crippen LogP contribution >= 0.6 is 0 Å². The van der Waals surface area contributed by atoms with E-state index in [1.165, 1.54) is 4.57 Å². The van der Waals surface area contributed by atoms with Crippen LogP contribution in [0, 0.1) is 0 Å². The largest absolute Gasteiger partial charge is 1.00 e. The number of rotatable bonds is 1. The first-order chi connectivity index (χ1) is 6.20. The molecular formula is C9H9N2NaO3. The first-order valence-electron chi connectivity index (χ1n) is 3.83. The summed E-state index contributed by atoms with van der Waals surface area (Å²) in [5.41, 5.74) is 1.46. The van der Waals surface area contributed by atoms with Crippen molar-refractivity contribution in [2.75, 3.05) is 0 Å². The van der Waals surface area contributed by atoms with Crippen molar-refractivity contribution in [1.82, 2.24) is 9.55 Å². The van der Waals surface area contributed by atoms with E-state index in [1.807, 2.05) is 18.2 Å². The van der Waals surface area contributed by atoms with Gasteiger partial charge in [0.2, 0.25) is 0 Å². The Labute approximate surface area is 108 Å². The second-order valence-electron chi connectivity index (χ2n) is 2.77. The summed E-state index contributed by atoms with van der Waals surface area (Å²) >= 11 is 0. The van der Waals surface area contributed by atoms with Gasteiger partial charge in [-0.2, -0.15) is 0 Å². The molecule has 0 aliphatic rings. The Morgan fingerprint density at radius 3 is 2.53 bits per heavy atom. The van der Waals surface area contributed by atoms with Gasteiger partial charge in [-0.25, -0.2) is 4.98 Å². The second kappa shape index (κ2) is 5.27. The summed E-state index contributed by atoms with van der Waals surface area (Å²) in [6.45, 7) is 0. The molecular weight excluding hydrogens is 207 g/mol. The van der Waals surface area contributed by atoms with Crippen LogP contribution in [0.2, 0.25) is 0 Å². The number of aryl methyl sites for hydroxylation is 1. The third-order valence-electron chi connectivity index (χ3n) is 1.97. The molecule has 0 unspecified atom stereocenters. The van der Waals surface area contributed by atoms with E-state index >= 15 is 0 Å². The Hall–Kier alpha value is -0.880. The maximum absolute atomic E-state index is 10.6. The first-order valence-corrected chi connectivity index (χ1v) is 3.83. The maximum Gasteiger partial charge on any atom is 1.00 e. The van der Waals surface area contributed by atoms with E-state index in [0.717, 1.165) is 5.52 Å². The fourth-order valence-corrected chi connectivity index (χ4v) is 1.33. The third kappa shape index (κ3) is 2.38. The van der Waals surface area contributed by atoms with Crippen molar-refractivity contribution in [1.29, 1.82) is 0 Å². The summed E-state index contributed by atoms with van der Waals surface area (Å²) < 4.78 is 1.50. The van der Waals surface area contributed by atoms with Crippen molar-refractivity contribution in [3.8, 4) is 0 Å². The van der Waals surface area contributed by atoms with Gasteiger partial charge in [0.05, 0.1) is 11.0 Å². The number of benzene rings is 1. The molecule has 15 heavy (non-hydrogen) atoms. The first kappa shape index (κ1) is 14.1. The van der Waals surface area contributed by atoms with Gasteiger partial charge in [-0.3, -0.25) is 0 Å². The summed E-state index contributed by atoms with van der Waals surface area (Å²) in [6.07, 6.45) is 0. The number of para-hydroxylation sites is 2. The summed E-state index contributed by atoms with van der Waals surface area (Å²) in [6, 6.07) is 7.23. The molecule has 2 aromatic rings. The van der Waals surface area contributed by atoms with Gasteiger partial charge in [-0.05, 0) is 12.1 Å². The number of imidazole rings is 1.